The van der Waals surface area contributed by atoms with E-state index in [0.717, 1.165) is 11.3 Å². The number of hydrogen-bond acceptors (Lipinski definition) is 4. The van der Waals surface area contributed by atoms with Gasteiger partial charge in [0.1, 0.15) is 15.8 Å². The number of H-pyrrole nitrogens is 1. The smallest absolute Gasteiger partial charge is 0.337 e. The molecule has 1 aromatic carbocycles. The molecule has 0 aliphatic heterocycles. The number of hydrogen-bond donors (Lipinski definition) is 2. The predicted molar refractivity (Wildman–Crippen MR) is 95.1 cm³/mol. The maximum Gasteiger partial charge on any atom is 0.337 e. The van der Waals surface area contributed by atoms with Gasteiger partial charge in [0.2, 0.25) is 0 Å². The molecular weight excluding hydrogens is 375 g/mol. The second-order valence-corrected chi connectivity index (χ2v) is 5.69. The van der Waals surface area contributed by atoms with Crippen molar-refractivity contribution in [2.75, 3.05) is 12.3 Å². The van der Waals surface area contributed by atoms with Gasteiger partial charge in [-0.15, -0.1) is 0 Å². The summed E-state index contributed by atoms with van der Waals surface area (Å²) >= 11 is 17.7. The van der Waals surface area contributed by atoms with Crippen LogP contribution in [0.15, 0.2) is 29.4 Å². The average Bonchev–Trinajstić information content (AvgIpc) is 2.58. The van der Waals surface area contributed by atoms with Gasteiger partial charge in [-0.1, -0.05) is 23.2 Å². The molecule has 4 N–H and O–H groups in total. The number of ether oxygens (including phenoxy) is 1. The van der Waals surface area contributed by atoms with Gasteiger partial charge < -0.3 is 10.5 Å². The number of nitrogens with one attached hydrogen (secondary N) is 2. The first kappa shape index (κ1) is 18.3. The van der Waals surface area contributed by atoms with Crippen molar-refractivity contribution in [2.24, 2.45) is 5.10 Å². The van der Waals surface area contributed by atoms with E-state index in [1.165, 1.54) is 6.21 Å². The number of pyridine rings is 1. The molecule has 0 radical (unpaired) electrons. The summed E-state index contributed by atoms with van der Waals surface area (Å²) in [5, 5.41) is 3.89. The molecule has 0 aliphatic rings. The van der Waals surface area contributed by atoms with E-state index in [9.17, 15) is 4.79 Å². The number of nitrogens with two attached hydrogens (primary N) is 1. The summed E-state index contributed by atoms with van der Waals surface area (Å²) in [4.78, 5) is 14.7. The molecule has 0 bridgehead atoms. The summed E-state index contributed by atoms with van der Waals surface area (Å²) in [5.74, 6) is 0.152. The fourth-order valence-corrected chi connectivity index (χ4v) is 2.38. The first-order valence-electron chi connectivity index (χ1n) is 6.85. The highest BCUT2D eigenvalue weighted by atomic mass is 35.5. The van der Waals surface area contributed by atoms with Crippen molar-refractivity contribution in [2.45, 2.75) is 6.92 Å². The molecule has 1 heterocycles. The van der Waals surface area contributed by atoms with E-state index in [-0.39, 0.29) is 26.6 Å². The number of anilines is 1. The summed E-state index contributed by atoms with van der Waals surface area (Å²) < 4.78 is 5.34. The van der Waals surface area contributed by atoms with Crippen LogP contribution in [0.4, 0.5) is 5.69 Å². The van der Waals surface area contributed by atoms with Crippen LogP contribution in [0.5, 0.6) is 5.75 Å². The largest absolute Gasteiger partial charge is 0.494 e. The normalized spacial score (nSPS) is 10.8. The Morgan fingerprint density at radius 2 is 1.96 bits per heavy atom. The van der Waals surface area contributed by atoms with Crippen molar-refractivity contribution in [1.82, 2.24) is 5.43 Å². The van der Waals surface area contributed by atoms with Crippen molar-refractivity contribution in [3.05, 3.63) is 50.7 Å². The third-order valence-electron chi connectivity index (χ3n) is 2.92. The van der Waals surface area contributed by atoms with Crippen LogP contribution in [0.2, 0.25) is 15.2 Å². The Morgan fingerprint density at radius 3 is 2.58 bits per heavy atom. The molecule has 1 aromatic heterocycles. The molecule has 24 heavy (non-hydrogen) atoms. The minimum atomic E-state index is -0.604. The topological polar surface area (TPSA) is 90.8 Å². The average molecular weight is 389 g/mol. The van der Waals surface area contributed by atoms with Gasteiger partial charge in [-0.3, -0.25) is 4.79 Å². The fraction of sp³-hybridized carbons (Fsp3) is 0.133. The Kier molecular flexibility index (Phi) is 6.25. The molecule has 1 amide bonds. The van der Waals surface area contributed by atoms with Gasteiger partial charge in [-0.2, -0.15) is 10.1 Å². The highest BCUT2D eigenvalue weighted by Crippen LogP contribution is 2.31. The number of nitrogen functional groups attached to an aromatic ring is 1. The minimum absolute atomic E-state index is 0.0132. The molecular formula is C15H14Cl3N4O2+. The molecule has 0 atom stereocenters. The van der Waals surface area contributed by atoms with Crippen molar-refractivity contribution in [3.8, 4) is 5.75 Å². The van der Waals surface area contributed by atoms with Crippen LogP contribution in [0, 0.1) is 0 Å². The van der Waals surface area contributed by atoms with E-state index in [1.54, 1.807) is 24.3 Å². The number of hydrazone groups is 1. The SMILES string of the molecule is CCOc1ccc(/C=N/NC(=O)c2[nH+]c(Cl)c(Cl)c(N)c2Cl)cc1. The van der Waals surface area contributed by atoms with Gasteiger partial charge in [0.25, 0.3) is 10.8 Å². The summed E-state index contributed by atoms with van der Waals surface area (Å²) in [7, 11) is 0. The van der Waals surface area contributed by atoms with Crippen LogP contribution in [-0.2, 0) is 0 Å². The Morgan fingerprint density at radius 1 is 1.29 bits per heavy atom. The first-order chi connectivity index (χ1) is 11.4. The first-order valence-corrected chi connectivity index (χ1v) is 7.99. The van der Waals surface area contributed by atoms with Gasteiger partial charge in [0.15, 0.2) is 0 Å². The molecule has 0 saturated carbocycles. The van der Waals surface area contributed by atoms with Crippen LogP contribution >= 0.6 is 34.8 Å². The van der Waals surface area contributed by atoms with E-state index in [2.05, 4.69) is 15.5 Å². The van der Waals surface area contributed by atoms with E-state index < -0.39 is 5.91 Å². The number of aromatic amines is 1. The number of rotatable bonds is 5. The van der Waals surface area contributed by atoms with E-state index >= 15 is 0 Å². The molecule has 0 aliphatic carbocycles. The Bertz CT molecular complexity index is 779. The van der Waals surface area contributed by atoms with Gasteiger partial charge >= 0.3 is 5.91 Å². The zero-order chi connectivity index (χ0) is 17.7. The van der Waals surface area contributed by atoms with Crippen LogP contribution in [0.25, 0.3) is 0 Å². The van der Waals surface area contributed by atoms with E-state index in [0.29, 0.717) is 6.61 Å². The van der Waals surface area contributed by atoms with Crippen molar-refractivity contribution in [1.29, 1.82) is 0 Å². The Balaban J connectivity index is 2.08. The summed E-state index contributed by atoms with van der Waals surface area (Å²) in [6.45, 7) is 2.50. The second kappa shape index (κ2) is 8.19. The second-order valence-electron chi connectivity index (χ2n) is 4.56. The molecule has 0 saturated heterocycles. The highest BCUT2D eigenvalue weighted by Gasteiger charge is 2.25. The number of carbonyl (C=O) groups excluding carboxylic acids is 1. The van der Waals surface area contributed by atoms with Crippen molar-refractivity contribution < 1.29 is 14.5 Å². The monoisotopic (exact) mass is 387 g/mol. The number of carbonyl (C=O) groups is 1. The van der Waals surface area contributed by atoms with E-state index in [1.807, 2.05) is 6.92 Å². The lowest BCUT2D eigenvalue weighted by molar-refractivity contribution is -0.379. The molecule has 0 fully saturated rings. The van der Waals surface area contributed by atoms with Gasteiger partial charge in [0.05, 0.1) is 18.5 Å². The lowest BCUT2D eigenvalue weighted by Crippen LogP contribution is -2.28. The molecule has 126 valence electrons. The predicted octanol–water partition coefficient (Wildman–Crippen LogP) is 3.21. The minimum Gasteiger partial charge on any atom is -0.494 e. The molecule has 6 nitrogen and oxygen atoms in total. The number of nitrogens with zero attached hydrogens (tertiary/aromatic N) is 1. The molecule has 9 heteroatoms. The highest BCUT2D eigenvalue weighted by molar-refractivity contribution is 6.45. The third-order valence-corrected chi connectivity index (χ3v) is 4.08. The number of halogens is 3. The summed E-state index contributed by atoms with van der Waals surface area (Å²) in [6, 6.07) is 7.21. The summed E-state index contributed by atoms with van der Waals surface area (Å²) in [5.41, 5.74) is 8.77. The zero-order valence-corrected chi connectivity index (χ0v) is 14.8. The van der Waals surface area contributed by atoms with Crippen molar-refractivity contribution in [3.63, 3.8) is 0 Å². The van der Waals surface area contributed by atoms with Crippen LogP contribution in [0.1, 0.15) is 23.0 Å². The molecule has 0 spiro atoms. The fourth-order valence-electron chi connectivity index (χ4n) is 1.76. The lowest BCUT2D eigenvalue weighted by Gasteiger charge is -2.03. The maximum atomic E-state index is 12.1. The van der Waals surface area contributed by atoms with Crippen LogP contribution in [-0.4, -0.2) is 18.7 Å². The van der Waals surface area contributed by atoms with Gasteiger partial charge in [0, 0.05) is 0 Å². The summed E-state index contributed by atoms with van der Waals surface area (Å²) in [6.07, 6.45) is 1.47. The van der Waals surface area contributed by atoms with E-state index in [4.69, 9.17) is 45.3 Å². The zero-order valence-electron chi connectivity index (χ0n) is 12.6. The standard InChI is InChI=1S/C15H13Cl3N4O2/c1-2-24-9-5-3-8(4-6-9)7-20-22-15(23)13-10(16)12(19)11(17)14(18)21-13/h3-7H,2H2,1H3,(H2,19,21)(H,22,23)/p+1/b20-7+. The number of aromatic nitrogens is 1. The number of benzene rings is 1. The Hall–Kier alpha value is -2.02. The van der Waals surface area contributed by atoms with Crippen molar-refractivity contribution >= 4 is 52.6 Å². The van der Waals surface area contributed by atoms with Gasteiger partial charge in [-0.25, -0.2) is 5.43 Å². The lowest BCUT2D eigenvalue weighted by atomic mass is 10.2. The molecule has 0 unspecified atom stereocenters. The van der Waals surface area contributed by atoms with Crippen LogP contribution in [0.3, 0.4) is 0 Å². The third kappa shape index (κ3) is 4.29. The molecule has 2 rings (SSSR count). The Labute approximate surface area is 153 Å². The number of amides is 1. The maximum absolute atomic E-state index is 12.1. The van der Waals surface area contributed by atoms with Crippen LogP contribution < -0.4 is 20.9 Å². The van der Waals surface area contributed by atoms with Gasteiger partial charge in [-0.05, 0) is 48.4 Å². The quantitative estimate of drug-likeness (QED) is 0.468. The molecule has 2 aromatic rings.